The topological polar surface area (TPSA) is 54.4 Å². The second kappa shape index (κ2) is 5.27. The second-order valence-electron chi connectivity index (χ2n) is 4.16. The number of aromatic nitrogens is 1. The van der Waals surface area contributed by atoms with Gasteiger partial charge in [-0.1, -0.05) is 6.07 Å². The van der Waals surface area contributed by atoms with Crippen LogP contribution in [0.4, 0.5) is 0 Å². The molecule has 1 aliphatic rings. The SMILES string of the molecule is COc1ncccc1CN[C@H]1CCC[C@@H]1O. The highest BCUT2D eigenvalue weighted by atomic mass is 16.5. The van der Waals surface area contributed by atoms with E-state index in [9.17, 15) is 5.11 Å². The van der Waals surface area contributed by atoms with Crippen molar-refractivity contribution in [3.63, 3.8) is 0 Å². The quantitative estimate of drug-likeness (QED) is 0.801. The third-order valence-corrected chi connectivity index (χ3v) is 3.08. The normalized spacial score (nSPS) is 24.6. The Morgan fingerprint density at radius 1 is 1.56 bits per heavy atom. The molecule has 4 nitrogen and oxygen atoms in total. The lowest BCUT2D eigenvalue weighted by molar-refractivity contribution is 0.148. The summed E-state index contributed by atoms with van der Waals surface area (Å²) in [5.41, 5.74) is 1.03. The maximum atomic E-state index is 9.68. The molecule has 0 spiro atoms. The average molecular weight is 222 g/mol. The van der Waals surface area contributed by atoms with Crippen LogP contribution in [0.1, 0.15) is 24.8 Å². The van der Waals surface area contributed by atoms with Gasteiger partial charge in [0.25, 0.3) is 0 Å². The molecule has 1 fully saturated rings. The van der Waals surface area contributed by atoms with Gasteiger partial charge in [-0.05, 0) is 25.3 Å². The Balaban J connectivity index is 1.93. The monoisotopic (exact) mass is 222 g/mol. The third kappa shape index (κ3) is 2.51. The number of aliphatic hydroxyl groups excluding tert-OH is 1. The fourth-order valence-electron chi connectivity index (χ4n) is 2.16. The molecule has 1 saturated carbocycles. The van der Waals surface area contributed by atoms with Gasteiger partial charge in [0.1, 0.15) is 0 Å². The molecule has 0 saturated heterocycles. The molecule has 0 amide bonds. The van der Waals surface area contributed by atoms with E-state index in [2.05, 4.69) is 10.3 Å². The van der Waals surface area contributed by atoms with Gasteiger partial charge in [0.15, 0.2) is 0 Å². The summed E-state index contributed by atoms with van der Waals surface area (Å²) in [4.78, 5) is 4.14. The first-order chi connectivity index (χ1) is 7.81. The zero-order valence-electron chi connectivity index (χ0n) is 9.52. The van der Waals surface area contributed by atoms with Gasteiger partial charge in [0.05, 0.1) is 13.2 Å². The Bertz CT molecular complexity index is 344. The number of nitrogens with zero attached hydrogens (tertiary/aromatic N) is 1. The van der Waals surface area contributed by atoms with Crippen LogP contribution in [0.2, 0.25) is 0 Å². The van der Waals surface area contributed by atoms with Crippen molar-refractivity contribution in [1.82, 2.24) is 10.3 Å². The smallest absolute Gasteiger partial charge is 0.217 e. The predicted molar refractivity (Wildman–Crippen MR) is 61.3 cm³/mol. The van der Waals surface area contributed by atoms with Gasteiger partial charge >= 0.3 is 0 Å². The molecule has 16 heavy (non-hydrogen) atoms. The van der Waals surface area contributed by atoms with E-state index in [1.165, 1.54) is 0 Å². The van der Waals surface area contributed by atoms with E-state index in [4.69, 9.17) is 4.74 Å². The Hall–Kier alpha value is -1.13. The van der Waals surface area contributed by atoms with Crippen LogP contribution in [0.5, 0.6) is 5.88 Å². The maximum absolute atomic E-state index is 9.68. The highest BCUT2D eigenvalue weighted by molar-refractivity contribution is 5.25. The lowest BCUT2D eigenvalue weighted by Crippen LogP contribution is -2.35. The van der Waals surface area contributed by atoms with Crippen molar-refractivity contribution < 1.29 is 9.84 Å². The molecule has 1 heterocycles. The van der Waals surface area contributed by atoms with Gasteiger partial charge in [-0.25, -0.2) is 4.98 Å². The number of pyridine rings is 1. The summed E-state index contributed by atoms with van der Waals surface area (Å²) in [7, 11) is 1.62. The Morgan fingerprint density at radius 2 is 2.44 bits per heavy atom. The van der Waals surface area contributed by atoms with E-state index in [1.54, 1.807) is 13.3 Å². The molecule has 0 bridgehead atoms. The lowest BCUT2D eigenvalue weighted by atomic mass is 10.2. The number of rotatable bonds is 4. The van der Waals surface area contributed by atoms with Gasteiger partial charge in [-0.3, -0.25) is 0 Å². The molecular weight excluding hydrogens is 204 g/mol. The van der Waals surface area contributed by atoms with E-state index in [-0.39, 0.29) is 12.1 Å². The summed E-state index contributed by atoms with van der Waals surface area (Å²) < 4.78 is 5.17. The zero-order valence-corrected chi connectivity index (χ0v) is 9.52. The third-order valence-electron chi connectivity index (χ3n) is 3.08. The van der Waals surface area contributed by atoms with E-state index >= 15 is 0 Å². The minimum Gasteiger partial charge on any atom is -0.481 e. The zero-order chi connectivity index (χ0) is 11.4. The molecule has 0 radical (unpaired) electrons. The van der Waals surface area contributed by atoms with Crippen molar-refractivity contribution in [3.05, 3.63) is 23.9 Å². The minimum absolute atomic E-state index is 0.206. The van der Waals surface area contributed by atoms with Gasteiger partial charge in [0, 0.05) is 24.3 Å². The van der Waals surface area contributed by atoms with Gasteiger partial charge < -0.3 is 15.2 Å². The summed E-state index contributed by atoms with van der Waals surface area (Å²) in [6.07, 6.45) is 4.56. The Morgan fingerprint density at radius 3 is 3.12 bits per heavy atom. The van der Waals surface area contributed by atoms with Crippen LogP contribution in [-0.4, -0.2) is 29.3 Å². The first-order valence-electron chi connectivity index (χ1n) is 5.70. The molecule has 2 rings (SSSR count). The van der Waals surface area contributed by atoms with Crippen molar-refractivity contribution >= 4 is 0 Å². The van der Waals surface area contributed by atoms with Crippen LogP contribution < -0.4 is 10.1 Å². The highest BCUT2D eigenvalue weighted by Gasteiger charge is 2.24. The van der Waals surface area contributed by atoms with Crippen LogP contribution in [0.3, 0.4) is 0 Å². The summed E-state index contributed by atoms with van der Waals surface area (Å²) >= 11 is 0. The predicted octanol–water partition coefficient (Wildman–Crippen LogP) is 1.09. The molecule has 1 aromatic heterocycles. The van der Waals surface area contributed by atoms with E-state index in [0.717, 1.165) is 24.8 Å². The largest absolute Gasteiger partial charge is 0.481 e. The summed E-state index contributed by atoms with van der Waals surface area (Å²) in [6.45, 7) is 0.693. The number of nitrogens with one attached hydrogen (secondary N) is 1. The second-order valence-corrected chi connectivity index (χ2v) is 4.16. The fourth-order valence-corrected chi connectivity index (χ4v) is 2.16. The number of hydrogen-bond donors (Lipinski definition) is 2. The molecule has 4 heteroatoms. The maximum Gasteiger partial charge on any atom is 0.217 e. The Kier molecular flexibility index (Phi) is 3.74. The number of ether oxygens (including phenoxy) is 1. The van der Waals surface area contributed by atoms with Gasteiger partial charge in [-0.15, -0.1) is 0 Å². The molecule has 0 unspecified atom stereocenters. The van der Waals surface area contributed by atoms with Crippen LogP contribution in [0, 0.1) is 0 Å². The lowest BCUT2D eigenvalue weighted by Gasteiger charge is -2.17. The number of hydrogen-bond acceptors (Lipinski definition) is 4. The first-order valence-corrected chi connectivity index (χ1v) is 5.70. The van der Waals surface area contributed by atoms with Crippen LogP contribution in [0.15, 0.2) is 18.3 Å². The molecule has 2 N–H and O–H groups in total. The van der Waals surface area contributed by atoms with Crippen molar-refractivity contribution in [2.75, 3.05) is 7.11 Å². The van der Waals surface area contributed by atoms with Crippen LogP contribution in [0.25, 0.3) is 0 Å². The highest BCUT2D eigenvalue weighted by Crippen LogP contribution is 2.20. The van der Waals surface area contributed by atoms with E-state index < -0.39 is 0 Å². The average Bonchev–Trinajstić information content (AvgIpc) is 2.72. The van der Waals surface area contributed by atoms with Gasteiger partial charge in [-0.2, -0.15) is 0 Å². The van der Waals surface area contributed by atoms with E-state index in [1.807, 2.05) is 12.1 Å². The van der Waals surface area contributed by atoms with Crippen molar-refractivity contribution in [1.29, 1.82) is 0 Å². The minimum atomic E-state index is -0.206. The fraction of sp³-hybridized carbons (Fsp3) is 0.583. The molecule has 1 aliphatic carbocycles. The molecule has 0 aromatic carbocycles. The molecule has 1 aromatic rings. The van der Waals surface area contributed by atoms with Crippen LogP contribution >= 0.6 is 0 Å². The van der Waals surface area contributed by atoms with Crippen molar-refractivity contribution in [3.8, 4) is 5.88 Å². The molecule has 88 valence electrons. The molecule has 2 atom stereocenters. The summed E-state index contributed by atoms with van der Waals surface area (Å²) in [5.74, 6) is 0.655. The standard InChI is InChI=1S/C12H18N2O2/c1-16-12-9(4-3-7-13-12)8-14-10-5-2-6-11(10)15/h3-4,7,10-11,14-15H,2,5-6,8H2,1H3/t10-,11-/m0/s1. The van der Waals surface area contributed by atoms with Crippen molar-refractivity contribution in [2.24, 2.45) is 0 Å². The first kappa shape index (κ1) is 11.4. The molecular formula is C12H18N2O2. The number of aliphatic hydroxyl groups is 1. The van der Waals surface area contributed by atoms with Crippen molar-refractivity contribution in [2.45, 2.75) is 38.0 Å². The summed E-state index contributed by atoms with van der Waals surface area (Å²) in [5, 5.41) is 13.0. The van der Waals surface area contributed by atoms with Crippen LogP contribution in [-0.2, 0) is 6.54 Å². The van der Waals surface area contributed by atoms with Gasteiger partial charge in [0.2, 0.25) is 5.88 Å². The number of methoxy groups -OCH3 is 1. The molecule has 0 aliphatic heterocycles. The summed E-state index contributed by atoms with van der Waals surface area (Å²) in [6, 6.07) is 4.09. The van der Waals surface area contributed by atoms with E-state index in [0.29, 0.717) is 12.4 Å². The Labute approximate surface area is 95.7 Å².